The predicted molar refractivity (Wildman–Crippen MR) is 108 cm³/mol. The average Bonchev–Trinajstić information content (AvgIpc) is 3.07. The number of rotatable bonds is 7. The van der Waals surface area contributed by atoms with Gasteiger partial charge in [-0.05, 0) is 42.6 Å². The van der Waals surface area contributed by atoms with Gasteiger partial charge in [0.1, 0.15) is 0 Å². The summed E-state index contributed by atoms with van der Waals surface area (Å²) in [6.07, 6.45) is 12.1. The molecule has 1 aliphatic rings. The first-order valence-electron chi connectivity index (χ1n) is 9.04. The summed E-state index contributed by atoms with van der Waals surface area (Å²) in [7, 11) is 0. The fourth-order valence-electron chi connectivity index (χ4n) is 3.32. The molecule has 1 saturated heterocycles. The Labute approximate surface area is 154 Å². The van der Waals surface area contributed by atoms with E-state index in [1.807, 2.05) is 12.5 Å². The Morgan fingerprint density at radius 1 is 1.21 bits per heavy atom. The third-order valence-corrected chi connectivity index (χ3v) is 7.99. The molecule has 130 valence electrons. The van der Waals surface area contributed by atoms with Crippen molar-refractivity contribution < 1.29 is 0 Å². The van der Waals surface area contributed by atoms with Crippen LogP contribution in [0, 0.1) is 0 Å². The van der Waals surface area contributed by atoms with Crippen LogP contribution in [0.25, 0.3) is 0 Å². The Balaban J connectivity index is 1.67. The molecule has 0 bridgehead atoms. The summed E-state index contributed by atoms with van der Waals surface area (Å²) in [5, 5.41) is 0.752. The zero-order valence-electron chi connectivity index (χ0n) is 14.8. The summed E-state index contributed by atoms with van der Waals surface area (Å²) >= 11 is 4.33. The number of hydrogen-bond donors (Lipinski definition) is 0. The Morgan fingerprint density at radius 3 is 2.58 bits per heavy atom. The number of imidazole rings is 1. The number of benzene rings is 1. The molecule has 2 nitrogen and oxygen atoms in total. The van der Waals surface area contributed by atoms with Gasteiger partial charge in [0.15, 0.2) is 0 Å². The molecule has 2 aromatic rings. The summed E-state index contributed by atoms with van der Waals surface area (Å²) in [5.74, 6) is 1.28. The summed E-state index contributed by atoms with van der Waals surface area (Å²) in [4.78, 5) is 4.23. The quantitative estimate of drug-likeness (QED) is 0.656. The standard InChI is InChI=1S/C20H28N2S2/c1-3-4-18-5-7-19(8-6-18)9-11-20(15-22-13-12-21-16-22)23-14-10-17(2)24-20/h5-8,12-13,16-17H,3-4,9-11,14-15H2,1-2H3. The SMILES string of the molecule is CCCc1ccc(CCC2(Cn3ccnc3)SCCC(C)S2)cc1. The van der Waals surface area contributed by atoms with Crippen molar-refractivity contribution in [3.63, 3.8) is 0 Å². The van der Waals surface area contributed by atoms with E-state index < -0.39 is 0 Å². The minimum Gasteiger partial charge on any atom is -0.335 e. The van der Waals surface area contributed by atoms with Gasteiger partial charge in [0.2, 0.25) is 0 Å². The summed E-state index contributed by atoms with van der Waals surface area (Å²) < 4.78 is 2.53. The fourth-order valence-corrected chi connectivity index (χ4v) is 7.22. The van der Waals surface area contributed by atoms with Crippen molar-refractivity contribution in [1.82, 2.24) is 9.55 Å². The molecular weight excluding hydrogens is 332 g/mol. The van der Waals surface area contributed by atoms with Gasteiger partial charge in [-0.3, -0.25) is 0 Å². The van der Waals surface area contributed by atoms with Crippen LogP contribution in [0.15, 0.2) is 43.0 Å². The van der Waals surface area contributed by atoms with Crippen LogP contribution >= 0.6 is 23.5 Å². The first-order valence-corrected chi connectivity index (χ1v) is 10.9. The van der Waals surface area contributed by atoms with Gasteiger partial charge < -0.3 is 4.57 Å². The molecule has 2 atom stereocenters. The number of hydrogen-bond acceptors (Lipinski definition) is 3. The van der Waals surface area contributed by atoms with Crippen LogP contribution in [0.2, 0.25) is 0 Å². The van der Waals surface area contributed by atoms with E-state index in [1.165, 1.54) is 42.6 Å². The van der Waals surface area contributed by atoms with Gasteiger partial charge >= 0.3 is 0 Å². The normalized spacial score (nSPS) is 24.2. The van der Waals surface area contributed by atoms with Crippen LogP contribution in [-0.4, -0.2) is 24.6 Å². The molecule has 2 unspecified atom stereocenters. The van der Waals surface area contributed by atoms with Crippen LogP contribution in [0.4, 0.5) is 0 Å². The van der Waals surface area contributed by atoms with E-state index in [2.05, 4.69) is 77.4 Å². The maximum absolute atomic E-state index is 4.23. The lowest BCUT2D eigenvalue weighted by atomic mass is 10.0. The van der Waals surface area contributed by atoms with E-state index in [-0.39, 0.29) is 4.08 Å². The maximum Gasteiger partial charge on any atom is 0.0946 e. The molecule has 0 N–H and O–H groups in total. The fraction of sp³-hybridized carbons (Fsp3) is 0.550. The van der Waals surface area contributed by atoms with Crippen LogP contribution in [-0.2, 0) is 19.4 Å². The average molecular weight is 361 g/mol. The van der Waals surface area contributed by atoms with Crippen LogP contribution in [0.1, 0.15) is 44.2 Å². The van der Waals surface area contributed by atoms with Gasteiger partial charge in [-0.2, -0.15) is 0 Å². The maximum atomic E-state index is 4.23. The van der Waals surface area contributed by atoms with E-state index in [1.54, 1.807) is 0 Å². The van der Waals surface area contributed by atoms with E-state index in [4.69, 9.17) is 0 Å². The lowest BCUT2D eigenvalue weighted by molar-refractivity contribution is 0.581. The molecule has 0 spiro atoms. The number of aromatic nitrogens is 2. The van der Waals surface area contributed by atoms with Gasteiger partial charge in [-0.1, -0.05) is 44.5 Å². The van der Waals surface area contributed by atoms with E-state index in [0.717, 1.165) is 18.2 Å². The zero-order chi connectivity index (χ0) is 16.8. The van der Waals surface area contributed by atoms with Crippen molar-refractivity contribution in [2.24, 2.45) is 0 Å². The molecule has 0 amide bonds. The van der Waals surface area contributed by atoms with Crippen LogP contribution in [0.5, 0.6) is 0 Å². The van der Waals surface area contributed by atoms with E-state index >= 15 is 0 Å². The predicted octanol–water partition coefficient (Wildman–Crippen LogP) is 5.42. The van der Waals surface area contributed by atoms with Crippen LogP contribution in [0.3, 0.4) is 0 Å². The topological polar surface area (TPSA) is 17.8 Å². The van der Waals surface area contributed by atoms with Crippen molar-refractivity contribution in [3.8, 4) is 0 Å². The number of thioether (sulfide) groups is 2. The van der Waals surface area contributed by atoms with Crippen molar-refractivity contribution in [3.05, 3.63) is 54.1 Å². The smallest absolute Gasteiger partial charge is 0.0946 e. The van der Waals surface area contributed by atoms with Gasteiger partial charge in [0.25, 0.3) is 0 Å². The zero-order valence-corrected chi connectivity index (χ0v) is 16.4. The minimum absolute atomic E-state index is 0.278. The van der Waals surface area contributed by atoms with Crippen molar-refractivity contribution in [2.45, 2.75) is 61.8 Å². The highest BCUT2D eigenvalue weighted by molar-refractivity contribution is 8.19. The van der Waals surface area contributed by atoms with Crippen molar-refractivity contribution in [2.75, 3.05) is 5.75 Å². The Kier molecular flexibility index (Phi) is 6.34. The molecular formula is C20H28N2S2. The Hall–Kier alpha value is -0.870. The second kappa shape index (κ2) is 8.48. The van der Waals surface area contributed by atoms with Gasteiger partial charge in [0.05, 0.1) is 10.4 Å². The minimum atomic E-state index is 0.278. The lowest BCUT2D eigenvalue weighted by Gasteiger charge is -2.39. The van der Waals surface area contributed by atoms with Gasteiger partial charge in [0, 0.05) is 24.2 Å². The largest absolute Gasteiger partial charge is 0.335 e. The van der Waals surface area contributed by atoms with Crippen molar-refractivity contribution in [1.29, 1.82) is 0 Å². The third-order valence-electron chi connectivity index (χ3n) is 4.64. The molecule has 1 aliphatic heterocycles. The number of nitrogens with zero attached hydrogens (tertiary/aromatic N) is 2. The number of aryl methyl sites for hydroxylation is 2. The molecule has 0 radical (unpaired) electrons. The molecule has 1 aromatic heterocycles. The van der Waals surface area contributed by atoms with E-state index in [0.29, 0.717) is 0 Å². The highest BCUT2D eigenvalue weighted by Crippen LogP contribution is 2.49. The first kappa shape index (κ1) is 17.9. The molecule has 3 rings (SSSR count). The molecule has 1 aromatic carbocycles. The molecule has 24 heavy (non-hydrogen) atoms. The molecule has 0 saturated carbocycles. The lowest BCUT2D eigenvalue weighted by Crippen LogP contribution is -2.33. The summed E-state index contributed by atoms with van der Waals surface area (Å²) in [6, 6.07) is 9.28. The summed E-state index contributed by atoms with van der Waals surface area (Å²) in [6.45, 7) is 5.68. The molecule has 1 fully saturated rings. The third kappa shape index (κ3) is 4.82. The molecule has 0 aliphatic carbocycles. The van der Waals surface area contributed by atoms with E-state index in [9.17, 15) is 0 Å². The highest BCUT2D eigenvalue weighted by Gasteiger charge is 2.36. The Bertz CT molecular complexity index is 609. The van der Waals surface area contributed by atoms with Gasteiger partial charge in [-0.25, -0.2) is 4.98 Å². The van der Waals surface area contributed by atoms with Crippen LogP contribution < -0.4 is 0 Å². The second-order valence-electron chi connectivity index (χ2n) is 6.78. The monoisotopic (exact) mass is 360 g/mol. The Morgan fingerprint density at radius 2 is 1.96 bits per heavy atom. The molecule has 4 heteroatoms. The first-order chi connectivity index (χ1) is 11.7. The van der Waals surface area contributed by atoms with Gasteiger partial charge in [-0.15, -0.1) is 23.5 Å². The highest BCUT2D eigenvalue weighted by atomic mass is 32.2. The summed E-state index contributed by atoms with van der Waals surface area (Å²) in [5.41, 5.74) is 2.93. The molecule has 2 heterocycles. The van der Waals surface area contributed by atoms with Crippen molar-refractivity contribution >= 4 is 23.5 Å². The second-order valence-corrected chi connectivity index (χ2v) is 10.3.